The zero-order chi connectivity index (χ0) is 6.41. The monoisotopic (exact) mass is 243 g/mol. The fourth-order valence-electron chi connectivity index (χ4n) is 0.182. The molecule has 0 radical (unpaired) electrons. The average molecular weight is 243 g/mol. The standard InChI is InChI=1S/C2H3N3S.CH3I/c3-2-5-4-1-6-2;1-2/h1H,(H2,3,5);1H3. The van der Waals surface area contributed by atoms with Crippen LogP contribution >= 0.6 is 33.9 Å². The van der Waals surface area contributed by atoms with Crippen molar-refractivity contribution in [1.82, 2.24) is 10.2 Å². The van der Waals surface area contributed by atoms with Gasteiger partial charge in [-0.05, 0) is 4.93 Å². The molecule has 1 aromatic rings. The van der Waals surface area contributed by atoms with E-state index >= 15 is 0 Å². The second-order valence-corrected chi connectivity index (χ2v) is 1.64. The molecular formula is C3H6IN3S. The number of hydrogen-bond donors (Lipinski definition) is 1. The Kier molecular flexibility index (Phi) is 5.29. The van der Waals surface area contributed by atoms with Crippen molar-refractivity contribution in [2.75, 3.05) is 10.7 Å². The summed E-state index contributed by atoms with van der Waals surface area (Å²) in [6.45, 7) is 0. The molecule has 0 unspecified atom stereocenters. The summed E-state index contributed by atoms with van der Waals surface area (Å²) in [5.74, 6) is 0. The third-order valence-electron chi connectivity index (χ3n) is 0.377. The summed E-state index contributed by atoms with van der Waals surface area (Å²) in [6, 6.07) is 0. The first-order valence-corrected chi connectivity index (χ1v) is 4.83. The summed E-state index contributed by atoms with van der Waals surface area (Å²) < 4.78 is 0. The van der Waals surface area contributed by atoms with Crippen LogP contribution in [-0.2, 0) is 0 Å². The van der Waals surface area contributed by atoms with Crippen LogP contribution in [0.2, 0.25) is 0 Å². The lowest BCUT2D eigenvalue weighted by Gasteiger charge is -1.64. The van der Waals surface area contributed by atoms with Gasteiger partial charge in [-0.3, -0.25) is 0 Å². The molecular weight excluding hydrogens is 237 g/mol. The summed E-state index contributed by atoms with van der Waals surface area (Å²) >= 11 is 3.48. The van der Waals surface area contributed by atoms with Crippen molar-refractivity contribution in [1.29, 1.82) is 0 Å². The normalized spacial score (nSPS) is 7.25. The number of nitrogen functional groups attached to an aromatic ring is 1. The van der Waals surface area contributed by atoms with Gasteiger partial charge in [-0.2, -0.15) is 0 Å². The van der Waals surface area contributed by atoms with E-state index < -0.39 is 0 Å². The van der Waals surface area contributed by atoms with Gasteiger partial charge in [-0.1, -0.05) is 33.9 Å². The molecule has 0 bridgehead atoms. The first kappa shape index (κ1) is 8.09. The molecule has 1 rings (SSSR count). The fourth-order valence-corrected chi connectivity index (χ4v) is 0.478. The number of nitrogens with two attached hydrogens (primary N) is 1. The quantitative estimate of drug-likeness (QED) is 0.549. The van der Waals surface area contributed by atoms with E-state index in [0.29, 0.717) is 5.13 Å². The fraction of sp³-hybridized carbons (Fsp3) is 0.333. The maximum atomic E-state index is 5.12. The molecule has 3 nitrogen and oxygen atoms in total. The number of hydrogen-bond acceptors (Lipinski definition) is 4. The van der Waals surface area contributed by atoms with Crippen LogP contribution < -0.4 is 5.73 Å². The maximum Gasteiger partial charge on any atom is 0.202 e. The van der Waals surface area contributed by atoms with Gasteiger partial charge in [0.15, 0.2) is 0 Å². The highest BCUT2D eigenvalue weighted by atomic mass is 127. The number of anilines is 1. The number of alkyl halides is 1. The predicted molar refractivity (Wildman–Crippen MR) is 44.3 cm³/mol. The Morgan fingerprint density at radius 3 is 2.50 bits per heavy atom. The van der Waals surface area contributed by atoms with Crippen molar-refractivity contribution in [2.45, 2.75) is 0 Å². The Hall–Kier alpha value is 0.0900. The van der Waals surface area contributed by atoms with Gasteiger partial charge < -0.3 is 5.73 Å². The molecule has 0 aliphatic heterocycles. The Morgan fingerprint density at radius 2 is 2.38 bits per heavy atom. The number of nitrogens with zero attached hydrogens (tertiary/aromatic N) is 2. The maximum absolute atomic E-state index is 5.12. The van der Waals surface area contributed by atoms with Crippen LogP contribution in [-0.4, -0.2) is 15.1 Å². The highest BCUT2D eigenvalue weighted by Gasteiger charge is 1.78. The molecule has 0 spiro atoms. The highest BCUT2D eigenvalue weighted by Crippen LogP contribution is 1.98. The minimum absolute atomic E-state index is 0.523. The number of halogens is 1. The summed E-state index contributed by atoms with van der Waals surface area (Å²) in [6.07, 6.45) is 0. The second kappa shape index (κ2) is 5.23. The van der Waals surface area contributed by atoms with Crippen molar-refractivity contribution in [3.8, 4) is 0 Å². The van der Waals surface area contributed by atoms with E-state index in [4.69, 9.17) is 5.73 Å². The van der Waals surface area contributed by atoms with E-state index in [-0.39, 0.29) is 0 Å². The zero-order valence-corrected chi connectivity index (χ0v) is 7.31. The molecule has 0 saturated carbocycles. The molecule has 0 aliphatic carbocycles. The van der Waals surface area contributed by atoms with Gasteiger partial charge in [0, 0.05) is 0 Å². The van der Waals surface area contributed by atoms with E-state index in [0.717, 1.165) is 0 Å². The van der Waals surface area contributed by atoms with Crippen molar-refractivity contribution in [3.63, 3.8) is 0 Å². The Bertz CT molecular complexity index is 118. The third kappa shape index (κ3) is 3.14. The van der Waals surface area contributed by atoms with Gasteiger partial charge in [-0.25, -0.2) is 0 Å². The molecule has 0 atom stereocenters. The summed E-state index contributed by atoms with van der Waals surface area (Å²) in [5, 5.41) is 7.45. The molecule has 0 aromatic carbocycles. The van der Waals surface area contributed by atoms with E-state index in [9.17, 15) is 0 Å². The van der Waals surface area contributed by atoms with Crippen LogP contribution in [0.25, 0.3) is 0 Å². The third-order valence-corrected chi connectivity index (χ3v) is 0.900. The van der Waals surface area contributed by atoms with Crippen LogP contribution in [0.3, 0.4) is 0 Å². The van der Waals surface area contributed by atoms with Gasteiger partial charge in [0.25, 0.3) is 0 Å². The van der Waals surface area contributed by atoms with Crippen molar-refractivity contribution >= 4 is 39.1 Å². The lowest BCUT2D eigenvalue weighted by atomic mass is 11.3. The van der Waals surface area contributed by atoms with Crippen LogP contribution in [0.1, 0.15) is 0 Å². The van der Waals surface area contributed by atoms with Gasteiger partial charge in [0.1, 0.15) is 5.51 Å². The van der Waals surface area contributed by atoms with Crippen molar-refractivity contribution < 1.29 is 0 Å². The molecule has 0 aliphatic rings. The van der Waals surface area contributed by atoms with Crippen LogP contribution in [0, 0.1) is 0 Å². The molecule has 1 aromatic heterocycles. The molecule has 0 amide bonds. The first-order chi connectivity index (χ1) is 3.89. The highest BCUT2D eigenvalue weighted by molar-refractivity contribution is 14.1. The second-order valence-electron chi connectivity index (χ2n) is 0.777. The minimum Gasteiger partial charge on any atom is -0.374 e. The van der Waals surface area contributed by atoms with E-state index in [1.165, 1.54) is 11.3 Å². The van der Waals surface area contributed by atoms with E-state index in [2.05, 4.69) is 32.8 Å². The molecule has 1 heterocycles. The van der Waals surface area contributed by atoms with Gasteiger partial charge >= 0.3 is 0 Å². The summed E-state index contributed by atoms with van der Waals surface area (Å²) in [5.41, 5.74) is 6.72. The lowest BCUT2D eigenvalue weighted by Crippen LogP contribution is -1.79. The molecule has 46 valence electrons. The zero-order valence-electron chi connectivity index (χ0n) is 4.34. The van der Waals surface area contributed by atoms with Crippen molar-refractivity contribution in [2.24, 2.45) is 0 Å². The molecule has 0 fully saturated rings. The van der Waals surface area contributed by atoms with Crippen LogP contribution in [0.15, 0.2) is 5.51 Å². The number of aromatic nitrogens is 2. The molecule has 2 N–H and O–H groups in total. The molecule has 0 saturated heterocycles. The smallest absolute Gasteiger partial charge is 0.202 e. The first-order valence-electron chi connectivity index (χ1n) is 1.79. The summed E-state index contributed by atoms with van der Waals surface area (Å²) in [7, 11) is 0. The number of rotatable bonds is 0. The molecule has 8 heavy (non-hydrogen) atoms. The van der Waals surface area contributed by atoms with Gasteiger partial charge in [0.2, 0.25) is 5.13 Å². The predicted octanol–water partition coefficient (Wildman–Crippen LogP) is 1.17. The van der Waals surface area contributed by atoms with E-state index in [1.54, 1.807) is 5.51 Å². The Balaban J connectivity index is 0.000000222. The Morgan fingerprint density at radius 1 is 1.75 bits per heavy atom. The van der Waals surface area contributed by atoms with Crippen molar-refractivity contribution in [3.05, 3.63) is 5.51 Å². The topological polar surface area (TPSA) is 51.8 Å². The summed E-state index contributed by atoms with van der Waals surface area (Å²) in [4.78, 5) is 1.97. The minimum atomic E-state index is 0.523. The van der Waals surface area contributed by atoms with Crippen LogP contribution in [0.5, 0.6) is 0 Å². The lowest BCUT2D eigenvalue weighted by molar-refractivity contribution is 1.10. The van der Waals surface area contributed by atoms with E-state index in [1.807, 2.05) is 4.93 Å². The average Bonchev–Trinajstić information content (AvgIpc) is 2.24. The van der Waals surface area contributed by atoms with Gasteiger partial charge in [-0.15, -0.1) is 10.2 Å². The Labute approximate surface area is 65.5 Å². The van der Waals surface area contributed by atoms with Crippen LogP contribution in [0.4, 0.5) is 5.13 Å². The van der Waals surface area contributed by atoms with Gasteiger partial charge in [0.05, 0.1) is 0 Å². The molecule has 5 heteroatoms. The largest absolute Gasteiger partial charge is 0.374 e. The SMILES string of the molecule is CI.Nc1nncs1.